The van der Waals surface area contributed by atoms with E-state index in [-0.39, 0.29) is 15.3 Å². The van der Waals surface area contributed by atoms with Crippen LogP contribution in [0.15, 0.2) is 26.9 Å². The van der Waals surface area contributed by atoms with Crippen molar-refractivity contribution in [3.8, 4) is 0 Å². The van der Waals surface area contributed by atoms with Crippen LogP contribution >= 0.6 is 27.3 Å². The zero-order valence-electron chi connectivity index (χ0n) is 10.6. The molecule has 1 heterocycles. The van der Waals surface area contributed by atoms with Crippen LogP contribution < -0.4 is 10.5 Å². The van der Waals surface area contributed by atoms with Crippen molar-refractivity contribution in [2.75, 3.05) is 10.5 Å². The fraction of sp³-hybridized carbons (Fsp3) is 0.250. The Hall–Kier alpha value is -1.19. The summed E-state index contributed by atoms with van der Waals surface area (Å²) in [6.07, 6.45) is 2.15. The molecule has 0 bridgehead atoms. The number of thiazole rings is 1. The van der Waals surface area contributed by atoms with Gasteiger partial charge in [-0.15, -0.1) is 11.3 Å². The molecule has 1 aliphatic rings. The van der Waals surface area contributed by atoms with Gasteiger partial charge >= 0.3 is 0 Å². The first-order valence-corrected chi connectivity index (χ1v) is 9.25. The standard InChI is InChI=1S/C12H11BrFN3O2S2/c13-8-3-7(15)4-10(11(8)14)21(18,19)17-12-16-9(5-20-12)6-1-2-6/h3-6H,1-2,15H2,(H,16,17). The minimum atomic E-state index is -4.07. The minimum Gasteiger partial charge on any atom is -0.399 e. The number of sulfonamides is 1. The van der Waals surface area contributed by atoms with Crippen molar-refractivity contribution >= 4 is 48.1 Å². The zero-order valence-corrected chi connectivity index (χ0v) is 13.9. The maximum atomic E-state index is 14.0. The molecule has 112 valence electrons. The first kappa shape index (κ1) is 14.7. The molecule has 0 amide bonds. The Balaban J connectivity index is 1.92. The monoisotopic (exact) mass is 391 g/mol. The lowest BCUT2D eigenvalue weighted by Gasteiger charge is -2.08. The fourth-order valence-corrected chi connectivity index (χ4v) is 4.64. The van der Waals surface area contributed by atoms with Crippen molar-refractivity contribution in [2.24, 2.45) is 0 Å². The number of benzene rings is 1. The van der Waals surface area contributed by atoms with Gasteiger partial charge in [-0.1, -0.05) is 0 Å². The third kappa shape index (κ3) is 3.04. The van der Waals surface area contributed by atoms with E-state index >= 15 is 0 Å². The van der Waals surface area contributed by atoms with E-state index in [2.05, 4.69) is 25.6 Å². The van der Waals surface area contributed by atoms with E-state index in [1.54, 1.807) is 0 Å². The van der Waals surface area contributed by atoms with Gasteiger partial charge in [0.1, 0.15) is 4.90 Å². The molecule has 0 radical (unpaired) electrons. The highest BCUT2D eigenvalue weighted by Gasteiger charge is 2.28. The van der Waals surface area contributed by atoms with Gasteiger partial charge in [0.25, 0.3) is 10.0 Å². The van der Waals surface area contributed by atoms with Crippen LogP contribution in [0.3, 0.4) is 0 Å². The van der Waals surface area contributed by atoms with E-state index in [9.17, 15) is 12.8 Å². The molecule has 0 saturated heterocycles. The second-order valence-electron chi connectivity index (χ2n) is 4.77. The number of nitrogens with zero attached hydrogens (tertiary/aromatic N) is 1. The lowest BCUT2D eigenvalue weighted by Crippen LogP contribution is -2.15. The average Bonchev–Trinajstić information content (AvgIpc) is 3.15. The molecule has 3 N–H and O–H groups in total. The van der Waals surface area contributed by atoms with Crippen LogP contribution in [0.25, 0.3) is 0 Å². The number of halogens is 2. The molecule has 1 saturated carbocycles. The SMILES string of the molecule is Nc1cc(Br)c(F)c(S(=O)(=O)Nc2nc(C3CC3)cs2)c1. The molecule has 21 heavy (non-hydrogen) atoms. The van der Waals surface area contributed by atoms with Gasteiger partial charge in [-0.2, -0.15) is 0 Å². The molecule has 1 fully saturated rings. The number of nitrogens with one attached hydrogen (secondary N) is 1. The second-order valence-corrected chi connectivity index (χ2v) is 8.14. The van der Waals surface area contributed by atoms with Gasteiger partial charge in [0.15, 0.2) is 10.9 Å². The molecule has 5 nitrogen and oxygen atoms in total. The number of anilines is 2. The van der Waals surface area contributed by atoms with Crippen LogP contribution in [0.5, 0.6) is 0 Å². The lowest BCUT2D eigenvalue weighted by atomic mass is 10.3. The number of rotatable bonds is 4. The highest BCUT2D eigenvalue weighted by atomic mass is 79.9. The van der Waals surface area contributed by atoms with Crippen molar-refractivity contribution in [2.45, 2.75) is 23.7 Å². The van der Waals surface area contributed by atoms with Crippen molar-refractivity contribution in [1.82, 2.24) is 4.98 Å². The van der Waals surface area contributed by atoms with Gasteiger partial charge < -0.3 is 5.73 Å². The van der Waals surface area contributed by atoms with E-state index in [1.807, 2.05) is 5.38 Å². The van der Waals surface area contributed by atoms with Gasteiger partial charge in [0.2, 0.25) is 0 Å². The summed E-state index contributed by atoms with van der Waals surface area (Å²) in [5, 5.41) is 2.05. The summed E-state index contributed by atoms with van der Waals surface area (Å²) < 4.78 is 40.8. The number of aromatic nitrogens is 1. The molecule has 0 atom stereocenters. The Morgan fingerprint density at radius 1 is 1.43 bits per heavy atom. The summed E-state index contributed by atoms with van der Waals surface area (Å²) in [7, 11) is -4.07. The van der Waals surface area contributed by atoms with Crippen LogP contribution in [-0.2, 0) is 10.0 Å². The summed E-state index contributed by atoms with van der Waals surface area (Å²) in [6.45, 7) is 0. The first-order chi connectivity index (χ1) is 9.87. The minimum absolute atomic E-state index is 0.000633. The summed E-state index contributed by atoms with van der Waals surface area (Å²) in [6, 6.07) is 2.39. The fourth-order valence-electron chi connectivity index (χ4n) is 1.85. The van der Waals surface area contributed by atoms with Gasteiger partial charge in [0, 0.05) is 17.0 Å². The topological polar surface area (TPSA) is 85.1 Å². The van der Waals surface area contributed by atoms with Gasteiger partial charge in [-0.05, 0) is 40.9 Å². The third-order valence-corrected chi connectivity index (χ3v) is 5.87. The molecule has 1 aliphatic carbocycles. The Kier molecular flexibility index (Phi) is 3.66. The molecule has 2 aromatic rings. The van der Waals surface area contributed by atoms with Crippen molar-refractivity contribution in [3.63, 3.8) is 0 Å². The van der Waals surface area contributed by atoms with E-state index in [0.29, 0.717) is 5.92 Å². The summed E-state index contributed by atoms with van der Waals surface area (Å²) in [4.78, 5) is 3.72. The van der Waals surface area contributed by atoms with Gasteiger partial charge in [-0.3, -0.25) is 4.72 Å². The maximum absolute atomic E-state index is 14.0. The van der Waals surface area contributed by atoms with Crippen molar-refractivity contribution in [3.05, 3.63) is 33.5 Å². The summed E-state index contributed by atoms with van der Waals surface area (Å²) in [5.74, 6) is -0.451. The molecule has 1 aromatic carbocycles. The van der Waals surface area contributed by atoms with E-state index in [4.69, 9.17) is 5.73 Å². The predicted molar refractivity (Wildman–Crippen MR) is 83.4 cm³/mol. The predicted octanol–water partition coefficient (Wildman–Crippen LogP) is 3.31. The first-order valence-electron chi connectivity index (χ1n) is 6.09. The Labute approximate surface area is 133 Å². The average molecular weight is 392 g/mol. The number of hydrogen-bond acceptors (Lipinski definition) is 5. The van der Waals surface area contributed by atoms with Gasteiger partial charge in [-0.25, -0.2) is 17.8 Å². The molecule has 0 aliphatic heterocycles. The Morgan fingerprint density at radius 2 is 2.14 bits per heavy atom. The van der Waals surface area contributed by atoms with Gasteiger partial charge in [0.05, 0.1) is 10.2 Å². The van der Waals surface area contributed by atoms with Crippen LogP contribution in [-0.4, -0.2) is 13.4 Å². The summed E-state index contributed by atoms with van der Waals surface area (Å²) in [5.41, 5.74) is 6.60. The van der Waals surface area contributed by atoms with Crippen LogP contribution in [0, 0.1) is 5.82 Å². The number of nitrogen functional groups attached to an aromatic ring is 1. The molecule has 9 heteroatoms. The second kappa shape index (κ2) is 5.22. The van der Waals surface area contributed by atoms with E-state index < -0.39 is 20.7 Å². The smallest absolute Gasteiger partial charge is 0.266 e. The van der Waals surface area contributed by atoms with Crippen molar-refractivity contribution < 1.29 is 12.8 Å². The Bertz CT molecular complexity index is 803. The highest BCUT2D eigenvalue weighted by molar-refractivity contribution is 9.10. The van der Waals surface area contributed by atoms with Crippen LogP contribution in [0.2, 0.25) is 0 Å². The highest BCUT2D eigenvalue weighted by Crippen LogP contribution is 2.41. The number of hydrogen-bond donors (Lipinski definition) is 2. The molecule has 0 unspecified atom stereocenters. The van der Waals surface area contributed by atoms with Crippen LogP contribution in [0.4, 0.5) is 15.2 Å². The quantitative estimate of drug-likeness (QED) is 0.782. The van der Waals surface area contributed by atoms with Crippen molar-refractivity contribution in [1.29, 1.82) is 0 Å². The molecule has 0 spiro atoms. The van der Waals surface area contributed by atoms with E-state index in [1.165, 1.54) is 17.4 Å². The largest absolute Gasteiger partial charge is 0.399 e. The molecule has 3 rings (SSSR count). The number of nitrogens with two attached hydrogens (primary N) is 1. The van der Waals surface area contributed by atoms with Crippen LogP contribution in [0.1, 0.15) is 24.5 Å². The molecule has 1 aromatic heterocycles. The Morgan fingerprint density at radius 3 is 2.81 bits per heavy atom. The normalized spacial score (nSPS) is 15.1. The third-order valence-electron chi connectivity index (χ3n) is 3.05. The zero-order chi connectivity index (χ0) is 15.2. The summed E-state index contributed by atoms with van der Waals surface area (Å²) >= 11 is 4.13. The maximum Gasteiger partial charge on any atom is 0.266 e. The molecular weight excluding hydrogens is 381 g/mol. The van der Waals surface area contributed by atoms with E-state index in [0.717, 1.165) is 24.6 Å². The molecular formula is C12H11BrFN3O2S2. The lowest BCUT2D eigenvalue weighted by molar-refractivity contribution is 0.567.